The smallest absolute Gasteiger partial charge is 0.238 e. The lowest BCUT2D eigenvalue weighted by molar-refractivity contribution is 0.405. The van der Waals surface area contributed by atoms with Gasteiger partial charge in [0.2, 0.25) is 10.0 Å². The van der Waals surface area contributed by atoms with Crippen LogP contribution >= 0.6 is 0 Å². The summed E-state index contributed by atoms with van der Waals surface area (Å²) >= 11 is 0. The van der Waals surface area contributed by atoms with Crippen LogP contribution in [0.1, 0.15) is 12.0 Å². The Balaban J connectivity index is 2.95. The van der Waals surface area contributed by atoms with Gasteiger partial charge in [0.05, 0.1) is 16.1 Å². The fraction of sp³-hybridized carbons (Fsp3) is 0.417. The Kier molecular flexibility index (Phi) is 5.44. The number of anilines is 1. The van der Waals surface area contributed by atoms with E-state index in [4.69, 9.17) is 10.4 Å². The molecule has 8 heteroatoms. The summed E-state index contributed by atoms with van der Waals surface area (Å²) in [7, 11) is -0.199. The van der Waals surface area contributed by atoms with E-state index < -0.39 is 20.7 Å². The molecule has 3 N–H and O–H groups in total. The normalized spacial score (nSPS) is 11.4. The average Bonchev–Trinajstić information content (AvgIpc) is 2.33. The van der Waals surface area contributed by atoms with E-state index in [-0.39, 0.29) is 11.3 Å². The highest BCUT2D eigenvalue weighted by Crippen LogP contribution is 2.23. The number of sulfonamides is 1. The van der Waals surface area contributed by atoms with Crippen LogP contribution in [0.4, 0.5) is 10.1 Å². The highest BCUT2D eigenvalue weighted by molar-refractivity contribution is 7.89. The highest BCUT2D eigenvalue weighted by atomic mass is 32.2. The van der Waals surface area contributed by atoms with Crippen molar-refractivity contribution in [1.29, 1.82) is 5.26 Å². The van der Waals surface area contributed by atoms with E-state index >= 15 is 0 Å². The Bertz CT molecular complexity index is 623. The minimum Gasteiger partial charge on any atom is -0.382 e. The molecule has 0 heterocycles. The monoisotopic (exact) mass is 300 g/mol. The van der Waals surface area contributed by atoms with Crippen molar-refractivity contribution in [3.63, 3.8) is 0 Å². The molecule has 0 aliphatic heterocycles. The molecule has 0 aliphatic rings. The van der Waals surface area contributed by atoms with Gasteiger partial charge in [-0.25, -0.2) is 17.9 Å². The molecule has 0 unspecified atom stereocenters. The summed E-state index contributed by atoms with van der Waals surface area (Å²) in [5.41, 5.74) is -0.0856. The molecule has 0 aromatic heterocycles. The summed E-state index contributed by atoms with van der Waals surface area (Å²) in [6.45, 7) is 1.28. The summed E-state index contributed by atoms with van der Waals surface area (Å²) in [5.74, 6) is -0.807. The van der Waals surface area contributed by atoms with Crippen molar-refractivity contribution in [2.24, 2.45) is 5.14 Å². The van der Waals surface area contributed by atoms with Gasteiger partial charge in [0.25, 0.3) is 0 Å². The van der Waals surface area contributed by atoms with E-state index in [1.807, 2.05) is 19.0 Å². The maximum absolute atomic E-state index is 13.9. The number of nitrogens with zero attached hydrogens (tertiary/aromatic N) is 2. The Morgan fingerprint density at radius 2 is 2.10 bits per heavy atom. The van der Waals surface area contributed by atoms with Gasteiger partial charge in [-0.15, -0.1) is 0 Å². The molecule has 110 valence electrons. The molecule has 1 aromatic rings. The van der Waals surface area contributed by atoms with E-state index in [9.17, 15) is 12.8 Å². The first-order valence-corrected chi connectivity index (χ1v) is 7.45. The van der Waals surface area contributed by atoms with Crippen LogP contribution in [0, 0.1) is 17.1 Å². The first-order chi connectivity index (χ1) is 9.25. The SMILES string of the molecule is CN(C)CCCNc1c(F)cc(S(N)(=O)=O)cc1C#N. The predicted molar refractivity (Wildman–Crippen MR) is 74.1 cm³/mol. The van der Waals surface area contributed by atoms with Crippen molar-refractivity contribution < 1.29 is 12.8 Å². The second kappa shape index (κ2) is 6.65. The number of benzene rings is 1. The van der Waals surface area contributed by atoms with Gasteiger partial charge in [-0.3, -0.25) is 0 Å². The van der Waals surface area contributed by atoms with Crippen LogP contribution in [0.25, 0.3) is 0 Å². The van der Waals surface area contributed by atoms with Crippen LogP contribution in [0.5, 0.6) is 0 Å². The number of hydrogen-bond donors (Lipinski definition) is 2. The number of primary sulfonamides is 1. The van der Waals surface area contributed by atoms with Crippen LogP contribution in [-0.2, 0) is 10.0 Å². The molecule has 20 heavy (non-hydrogen) atoms. The van der Waals surface area contributed by atoms with Crippen LogP contribution in [-0.4, -0.2) is 40.5 Å². The van der Waals surface area contributed by atoms with E-state index in [2.05, 4.69) is 5.32 Å². The number of nitrogens with two attached hydrogens (primary N) is 1. The lowest BCUT2D eigenvalue weighted by Crippen LogP contribution is -2.17. The van der Waals surface area contributed by atoms with Gasteiger partial charge in [0.1, 0.15) is 11.9 Å². The molecule has 0 radical (unpaired) electrons. The fourth-order valence-electron chi connectivity index (χ4n) is 1.62. The summed E-state index contributed by atoms with van der Waals surface area (Å²) in [6, 6.07) is 3.64. The topological polar surface area (TPSA) is 99.2 Å². The summed E-state index contributed by atoms with van der Waals surface area (Å²) in [5, 5.41) is 16.7. The fourth-order valence-corrected chi connectivity index (χ4v) is 2.17. The third-order valence-corrected chi connectivity index (χ3v) is 3.49. The lowest BCUT2D eigenvalue weighted by atomic mass is 10.2. The first kappa shape index (κ1) is 16.4. The molecule has 0 fully saturated rings. The highest BCUT2D eigenvalue weighted by Gasteiger charge is 2.16. The van der Waals surface area contributed by atoms with Crippen molar-refractivity contribution in [3.05, 3.63) is 23.5 Å². The average molecular weight is 300 g/mol. The number of hydrogen-bond acceptors (Lipinski definition) is 5. The maximum atomic E-state index is 13.9. The number of nitrogens with one attached hydrogen (secondary N) is 1. The van der Waals surface area contributed by atoms with Gasteiger partial charge >= 0.3 is 0 Å². The molecule has 0 spiro atoms. The minimum atomic E-state index is -4.04. The van der Waals surface area contributed by atoms with Gasteiger partial charge < -0.3 is 10.2 Å². The summed E-state index contributed by atoms with van der Waals surface area (Å²) in [6.07, 6.45) is 0.758. The number of halogens is 1. The number of rotatable bonds is 6. The molecule has 6 nitrogen and oxygen atoms in total. The zero-order valence-corrected chi connectivity index (χ0v) is 12.2. The third-order valence-electron chi connectivity index (χ3n) is 2.60. The zero-order chi connectivity index (χ0) is 15.3. The predicted octanol–water partition coefficient (Wildman–Crippen LogP) is 0.708. The molecule has 0 atom stereocenters. The van der Waals surface area contributed by atoms with Gasteiger partial charge in [-0.05, 0) is 39.2 Å². The molecule has 0 saturated heterocycles. The van der Waals surface area contributed by atoms with Crippen molar-refractivity contribution in [2.45, 2.75) is 11.3 Å². The zero-order valence-electron chi connectivity index (χ0n) is 11.4. The van der Waals surface area contributed by atoms with E-state index in [1.54, 1.807) is 6.07 Å². The van der Waals surface area contributed by atoms with E-state index in [1.165, 1.54) is 0 Å². The third kappa shape index (κ3) is 4.45. The van der Waals surface area contributed by atoms with Crippen LogP contribution in [0.2, 0.25) is 0 Å². The van der Waals surface area contributed by atoms with Gasteiger partial charge in [0, 0.05) is 6.54 Å². The standard InChI is InChI=1S/C12H17FN4O2S/c1-17(2)5-3-4-16-12-9(8-14)6-10(7-11(12)13)20(15,18)19/h6-7,16H,3-5H2,1-2H3,(H2,15,18,19). The van der Waals surface area contributed by atoms with E-state index in [0.717, 1.165) is 25.1 Å². The molecular weight excluding hydrogens is 283 g/mol. The van der Waals surface area contributed by atoms with Gasteiger partial charge in [-0.2, -0.15) is 5.26 Å². The second-order valence-electron chi connectivity index (χ2n) is 4.57. The molecular formula is C12H17FN4O2S. The first-order valence-electron chi connectivity index (χ1n) is 5.90. The lowest BCUT2D eigenvalue weighted by Gasteiger charge is -2.13. The van der Waals surface area contributed by atoms with Crippen molar-refractivity contribution >= 4 is 15.7 Å². The van der Waals surface area contributed by atoms with E-state index in [0.29, 0.717) is 6.54 Å². The number of nitriles is 1. The second-order valence-corrected chi connectivity index (χ2v) is 6.13. The molecule has 0 bridgehead atoms. The van der Waals surface area contributed by atoms with Gasteiger partial charge in [0.15, 0.2) is 0 Å². The van der Waals surface area contributed by atoms with Crippen molar-refractivity contribution in [3.8, 4) is 6.07 Å². The summed E-state index contributed by atoms with van der Waals surface area (Å²) < 4.78 is 36.2. The Labute approximate surface area is 118 Å². The quantitative estimate of drug-likeness (QED) is 0.754. The van der Waals surface area contributed by atoms with Crippen LogP contribution in [0.3, 0.4) is 0 Å². The van der Waals surface area contributed by atoms with Crippen molar-refractivity contribution in [2.75, 3.05) is 32.5 Å². The largest absolute Gasteiger partial charge is 0.382 e. The maximum Gasteiger partial charge on any atom is 0.238 e. The van der Waals surface area contributed by atoms with Crippen LogP contribution in [0.15, 0.2) is 17.0 Å². The molecule has 0 saturated carbocycles. The molecule has 0 amide bonds. The Morgan fingerprint density at radius 3 is 2.60 bits per heavy atom. The Hall–Kier alpha value is -1.69. The van der Waals surface area contributed by atoms with Crippen molar-refractivity contribution in [1.82, 2.24) is 4.90 Å². The van der Waals surface area contributed by atoms with Crippen LogP contribution < -0.4 is 10.5 Å². The molecule has 1 rings (SSSR count). The van der Waals surface area contributed by atoms with Gasteiger partial charge in [-0.1, -0.05) is 0 Å². The minimum absolute atomic E-state index is 0.00124. The molecule has 0 aliphatic carbocycles. The summed E-state index contributed by atoms with van der Waals surface area (Å²) in [4.78, 5) is 1.57. The Morgan fingerprint density at radius 1 is 1.45 bits per heavy atom. The molecule has 1 aromatic carbocycles.